The minimum atomic E-state index is -4.58. The number of carbonyl (C=O) groups is 4. The van der Waals surface area contributed by atoms with Gasteiger partial charge in [0.1, 0.15) is 29.4 Å². The van der Waals surface area contributed by atoms with Gasteiger partial charge in [-0.15, -0.1) is 23.1 Å². The average molecular weight is 561 g/mol. The van der Waals surface area contributed by atoms with Crippen molar-refractivity contribution in [1.29, 1.82) is 0 Å². The number of carboxylic acid groups (broad SMARTS) is 1. The molecule has 3 aliphatic rings. The van der Waals surface area contributed by atoms with Crippen molar-refractivity contribution in [2.24, 2.45) is 5.16 Å². The Morgan fingerprint density at radius 2 is 2.08 bits per heavy atom. The third kappa shape index (κ3) is 5.27. The van der Waals surface area contributed by atoms with Crippen LogP contribution in [-0.2, 0) is 19.2 Å². The highest BCUT2D eigenvalue weighted by Gasteiger charge is 2.54. The molecule has 0 radical (unpaired) electrons. The number of hydrogen-bond acceptors (Lipinski definition) is 10. The first-order chi connectivity index (χ1) is 17.4. The summed E-state index contributed by atoms with van der Waals surface area (Å²) in [5, 5.41) is 25.0. The van der Waals surface area contributed by atoms with Crippen molar-refractivity contribution in [2.75, 3.05) is 24.6 Å². The molecule has 2 atom stereocenters. The summed E-state index contributed by atoms with van der Waals surface area (Å²) in [7, 11) is 0. The lowest BCUT2D eigenvalue weighted by molar-refractivity contribution is -0.160. The number of allylic oxidation sites excluding steroid dienone is 1. The van der Waals surface area contributed by atoms with Crippen LogP contribution in [0.15, 0.2) is 33.5 Å². The number of thioether (sulfide) groups is 1. The number of likely N-dealkylation sites (tertiary alicyclic amines) is 1. The van der Waals surface area contributed by atoms with Gasteiger partial charge in [-0.3, -0.25) is 19.3 Å². The molecule has 0 unspecified atom stereocenters. The molecular weight excluding hydrogens is 541 g/mol. The number of carboxylic acids is 1. The summed E-state index contributed by atoms with van der Waals surface area (Å²) in [4.78, 5) is 55.5. The van der Waals surface area contributed by atoms with Crippen LogP contribution in [0.1, 0.15) is 18.5 Å². The number of nitrogens with one attached hydrogen (secondary N) is 1. The van der Waals surface area contributed by atoms with Crippen LogP contribution in [0.4, 0.5) is 18.3 Å². The van der Waals surface area contributed by atoms with Gasteiger partial charge in [0, 0.05) is 23.3 Å². The summed E-state index contributed by atoms with van der Waals surface area (Å²) in [6, 6.07) is -1.15. The first-order valence-corrected chi connectivity index (χ1v) is 12.6. The number of fused-ring (bicyclic) bond motifs is 1. The number of carbonyl (C=O) groups excluding carboxylic acids is 3. The van der Waals surface area contributed by atoms with E-state index in [1.807, 2.05) is 0 Å². The van der Waals surface area contributed by atoms with Gasteiger partial charge in [0.05, 0.1) is 0 Å². The lowest BCUT2D eigenvalue weighted by atomic mass is 9.98. The molecule has 3 amide bonds. The topological polar surface area (TPSA) is 179 Å². The number of oxime groups is 1. The Morgan fingerprint density at radius 3 is 2.68 bits per heavy atom. The molecule has 0 aromatic carbocycles. The SMILES string of the molecule is Nc1nc(/C(=N/O)C(=O)N[C@@H]2C(=O)N3C(C(=O)O)=C(/C=C4\CCCN(CC(F)(F)F)C4=O)CS[C@H]23)cs1. The monoisotopic (exact) mass is 560 g/mol. The number of halogens is 3. The molecule has 1 aromatic rings. The Bertz CT molecular complexity index is 1260. The van der Waals surface area contributed by atoms with Crippen LogP contribution in [0.2, 0.25) is 0 Å². The minimum Gasteiger partial charge on any atom is -0.477 e. The van der Waals surface area contributed by atoms with Crippen LogP contribution in [0, 0.1) is 0 Å². The van der Waals surface area contributed by atoms with E-state index in [4.69, 9.17) is 5.73 Å². The normalized spacial score (nSPS) is 23.8. The Morgan fingerprint density at radius 1 is 1.35 bits per heavy atom. The van der Waals surface area contributed by atoms with Gasteiger partial charge in [0.25, 0.3) is 11.8 Å². The molecule has 2 fully saturated rings. The molecule has 5 N–H and O–H groups in total. The molecule has 3 aliphatic heterocycles. The molecule has 17 heteroatoms. The van der Waals surface area contributed by atoms with Crippen molar-refractivity contribution in [1.82, 2.24) is 20.1 Å². The van der Waals surface area contributed by atoms with Crippen molar-refractivity contribution in [3.05, 3.63) is 34.0 Å². The van der Waals surface area contributed by atoms with Crippen LogP contribution in [-0.4, -0.2) is 90.9 Å². The maximum Gasteiger partial charge on any atom is 0.406 e. The van der Waals surface area contributed by atoms with E-state index in [-0.39, 0.29) is 47.1 Å². The number of thiazole rings is 1. The largest absolute Gasteiger partial charge is 0.477 e. The summed E-state index contributed by atoms with van der Waals surface area (Å²) in [5.41, 5.74) is 4.72. The molecular formula is C20H19F3N6O6S2. The maximum atomic E-state index is 12.9. The summed E-state index contributed by atoms with van der Waals surface area (Å²) in [6.45, 7) is -1.49. The number of aromatic nitrogens is 1. The number of amides is 3. The number of β-lactam (4-membered cyclic amide) rings is 1. The van der Waals surface area contributed by atoms with E-state index < -0.39 is 59.2 Å². The number of rotatable bonds is 6. The molecule has 198 valence electrons. The second kappa shape index (κ2) is 10.0. The van der Waals surface area contributed by atoms with Crippen LogP contribution >= 0.6 is 23.1 Å². The lowest BCUT2D eigenvalue weighted by Gasteiger charge is -2.49. The highest BCUT2D eigenvalue weighted by molar-refractivity contribution is 8.00. The Hall–Kier alpha value is -3.60. The third-order valence-corrected chi connectivity index (χ3v) is 7.70. The molecule has 0 aliphatic carbocycles. The van der Waals surface area contributed by atoms with Gasteiger partial charge < -0.3 is 26.3 Å². The number of anilines is 1. The fourth-order valence-corrected chi connectivity index (χ4v) is 6.01. The van der Waals surface area contributed by atoms with E-state index in [0.717, 1.165) is 28.0 Å². The molecule has 4 heterocycles. The fourth-order valence-electron chi connectivity index (χ4n) is 4.16. The number of hydrogen-bond donors (Lipinski definition) is 4. The third-order valence-electron chi connectivity index (χ3n) is 5.72. The fraction of sp³-hybridized carbons (Fsp3) is 0.400. The van der Waals surface area contributed by atoms with Crippen LogP contribution < -0.4 is 11.1 Å². The van der Waals surface area contributed by atoms with E-state index in [0.29, 0.717) is 4.90 Å². The molecule has 0 saturated carbocycles. The van der Waals surface area contributed by atoms with Crippen molar-refractivity contribution in [3.63, 3.8) is 0 Å². The molecule has 37 heavy (non-hydrogen) atoms. The van der Waals surface area contributed by atoms with E-state index in [1.54, 1.807) is 0 Å². The summed E-state index contributed by atoms with van der Waals surface area (Å²) in [6.07, 6.45) is -2.91. The van der Waals surface area contributed by atoms with Crippen molar-refractivity contribution >= 4 is 57.6 Å². The van der Waals surface area contributed by atoms with Crippen molar-refractivity contribution < 1.29 is 42.7 Å². The van der Waals surface area contributed by atoms with E-state index >= 15 is 0 Å². The zero-order valence-corrected chi connectivity index (χ0v) is 20.3. The summed E-state index contributed by atoms with van der Waals surface area (Å²) < 4.78 is 38.4. The molecule has 12 nitrogen and oxygen atoms in total. The predicted octanol–water partition coefficient (Wildman–Crippen LogP) is 0.753. The maximum absolute atomic E-state index is 12.9. The minimum absolute atomic E-state index is 0.0147. The Balaban J connectivity index is 1.54. The molecule has 0 spiro atoms. The smallest absolute Gasteiger partial charge is 0.406 e. The molecule has 1 aromatic heterocycles. The highest BCUT2D eigenvalue weighted by atomic mass is 32.2. The van der Waals surface area contributed by atoms with E-state index in [1.165, 1.54) is 11.5 Å². The number of nitrogens with two attached hydrogens (primary N) is 1. The van der Waals surface area contributed by atoms with Crippen LogP contribution in [0.5, 0.6) is 0 Å². The molecule has 4 rings (SSSR count). The quantitative estimate of drug-likeness (QED) is 0.128. The predicted molar refractivity (Wildman–Crippen MR) is 124 cm³/mol. The van der Waals surface area contributed by atoms with Crippen LogP contribution in [0.25, 0.3) is 0 Å². The lowest BCUT2D eigenvalue weighted by Crippen LogP contribution is -2.71. The first kappa shape index (κ1) is 26.5. The van der Waals surface area contributed by atoms with E-state index in [9.17, 15) is 42.7 Å². The zero-order chi connectivity index (χ0) is 27.1. The highest BCUT2D eigenvalue weighted by Crippen LogP contribution is 2.41. The standard InChI is InChI=1S/C20H19F3N6O6S2/c21-20(22,23)7-28-3-1-2-8(15(28)31)4-9-5-36-17-12(16(32)29(17)13(9)18(33)34)26-14(30)11(27-35)10-6-37-19(24)25-10/h4,6,12,17,35H,1-3,5,7H2,(H2,24,25)(H,26,30)(H,33,34)/b8-4+,27-11-/t12-,17-/m1/s1. The van der Waals surface area contributed by atoms with Gasteiger partial charge in [0.15, 0.2) is 10.8 Å². The number of alkyl halides is 3. The van der Waals surface area contributed by atoms with Gasteiger partial charge in [-0.1, -0.05) is 5.16 Å². The molecule has 0 bridgehead atoms. The van der Waals surface area contributed by atoms with Crippen molar-refractivity contribution in [3.8, 4) is 0 Å². The number of aliphatic carboxylic acids is 1. The average Bonchev–Trinajstić information content (AvgIpc) is 3.24. The van der Waals surface area contributed by atoms with Crippen molar-refractivity contribution in [2.45, 2.75) is 30.4 Å². The first-order valence-electron chi connectivity index (χ1n) is 10.6. The van der Waals surface area contributed by atoms with Gasteiger partial charge in [-0.2, -0.15) is 13.2 Å². The van der Waals surface area contributed by atoms with Gasteiger partial charge >= 0.3 is 12.1 Å². The number of nitrogen functional groups attached to an aromatic ring is 1. The van der Waals surface area contributed by atoms with Crippen LogP contribution in [0.3, 0.4) is 0 Å². The summed E-state index contributed by atoms with van der Waals surface area (Å²) >= 11 is 2.10. The number of piperidine rings is 1. The Kier molecular flexibility index (Phi) is 7.18. The molecule has 2 saturated heterocycles. The zero-order valence-electron chi connectivity index (χ0n) is 18.7. The van der Waals surface area contributed by atoms with Gasteiger partial charge in [-0.05, 0) is 24.5 Å². The second-order valence-electron chi connectivity index (χ2n) is 8.17. The Labute approximate surface area is 214 Å². The van der Waals surface area contributed by atoms with Gasteiger partial charge in [0.2, 0.25) is 5.91 Å². The summed E-state index contributed by atoms with van der Waals surface area (Å²) in [5.74, 6) is -3.99. The second-order valence-corrected chi connectivity index (χ2v) is 10.2. The van der Waals surface area contributed by atoms with Gasteiger partial charge in [-0.25, -0.2) is 9.78 Å². The van der Waals surface area contributed by atoms with E-state index in [2.05, 4.69) is 15.5 Å². The number of nitrogens with zero attached hydrogens (tertiary/aromatic N) is 4.